The summed E-state index contributed by atoms with van der Waals surface area (Å²) in [6, 6.07) is 9.80. The minimum atomic E-state index is -4.51. The van der Waals surface area contributed by atoms with Crippen LogP contribution in [0, 0.1) is 0 Å². The lowest BCUT2D eigenvalue weighted by Crippen LogP contribution is -2.37. The number of hydrogen-bond acceptors (Lipinski definition) is 1. The molecule has 6 heteroatoms. The van der Waals surface area contributed by atoms with Crippen molar-refractivity contribution < 1.29 is 17.4 Å². The van der Waals surface area contributed by atoms with Crippen LogP contribution < -0.4 is 4.72 Å². The Hall–Kier alpha value is -1.40. The van der Waals surface area contributed by atoms with Crippen molar-refractivity contribution in [3.8, 4) is 0 Å². The van der Waals surface area contributed by atoms with Gasteiger partial charge < -0.3 is 0 Å². The highest BCUT2D eigenvalue weighted by atomic mass is 32.2. The maximum atomic E-state index is 13.2. The smallest absolute Gasteiger partial charge is 0.243 e. The van der Waals surface area contributed by atoms with Gasteiger partial charge in [0.15, 0.2) is 0 Å². The summed E-state index contributed by atoms with van der Waals surface area (Å²) in [4.78, 5) is 0. The number of halogens is 3. The van der Waals surface area contributed by atoms with Gasteiger partial charge in [-0.1, -0.05) is 36.4 Å². The van der Waals surface area contributed by atoms with Gasteiger partial charge in [0, 0.05) is 5.25 Å². The monoisotopic (exact) mass is 315 g/mol. The Morgan fingerprint density at radius 1 is 1.05 bits per heavy atom. The van der Waals surface area contributed by atoms with Crippen LogP contribution in [0.1, 0.15) is 25.5 Å². The largest absolute Gasteiger partial charge is 0.408 e. The third-order valence-electron chi connectivity index (χ3n) is 3.10. The maximum Gasteiger partial charge on any atom is 0.408 e. The summed E-state index contributed by atoms with van der Waals surface area (Å²) in [5.41, 5.74) is 0.0650. The molecule has 0 amide bonds. The fraction of sp³-hybridized carbons (Fsp3) is 0.333. The molecule has 2 atom stereocenters. The molecule has 2 aromatic rings. The second-order valence-corrected chi connectivity index (χ2v) is 6.82. The third-order valence-corrected chi connectivity index (χ3v) is 4.42. The first-order valence-corrected chi connectivity index (χ1v) is 7.72. The van der Waals surface area contributed by atoms with Gasteiger partial charge in [0.1, 0.15) is 6.04 Å². The molecule has 0 bridgehead atoms. The molecule has 0 radical (unpaired) electrons. The first kappa shape index (κ1) is 16.0. The van der Waals surface area contributed by atoms with E-state index in [4.69, 9.17) is 0 Å². The summed E-state index contributed by atoms with van der Waals surface area (Å²) in [6.45, 7) is 3.22. The minimum Gasteiger partial charge on any atom is -0.243 e. The maximum absolute atomic E-state index is 13.2. The number of nitrogens with one attached hydrogen (secondary N) is 1. The topological polar surface area (TPSA) is 29.1 Å². The Bertz CT molecular complexity index is 655. The first-order chi connectivity index (χ1) is 9.79. The lowest BCUT2D eigenvalue weighted by Gasteiger charge is -2.23. The fourth-order valence-corrected chi connectivity index (χ4v) is 2.74. The van der Waals surface area contributed by atoms with E-state index in [0.29, 0.717) is 0 Å². The van der Waals surface area contributed by atoms with E-state index < -0.39 is 28.5 Å². The zero-order valence-corrected chi connectivity index (χ0v) is 12.5. The number of rotatable bonds is 4. The molecule has 0 aliphatic carbocycles. The van der Waals surface area contributed by atoms with Crippen LogP contribution in [0.3, 0.4) is 0 Å². The molecule has 1 N–H and O–H groups in total. The van der Waals surface area contributed by atoms with Gasteiger partial charge in [-0.3, -0.25) is 0 Å². The van der Waals surface area contributed by atoms with Crippen LogP contribution in [0.25, 0.3) is 10.8 Å². The van der Waals surface area contributed by atoms with Crippen molar-refractivity contribution in [3.63, 3.8) is 0 Å². The molecule has 21 heavy (non-hydrogen) atoms. The molecule has 0 fully saturated rings. The molecule has 0 aliphatic rings. The van der Waals surface area contributed by atoms with Crippen molar-refractivity contribution in [2.75, 3.05) is 0 Å². The minimum absolute atomic E-state index is 0.0650. The van der Waals surface area contributed by atoms with E-state index in [1.807, 2.05) is 12.1 Å². The Kier molecular flexibility index (Phi) is 4.68. The molecule has 0 heterocycles. The van der Waals surface area contributed by atoms with Gasteiger partial charge in [-0.25, -0.2) is 8.93 Å². The van der Waals surface area contributed by atoms with Crippen LogP contribution in [0.4, 0.5) is 13.2 Å². The summed E-state index contributed by atoms with van der Waals surface area (Å²) in [7, 11) is -1.75. The van der Waals surface area contributed by atoms with Crippen LogP contribution in [-0.2, 0) is 11.0 Å². The predicted molar refractivity (Wildman–Crippen MR) is 79.2 cm³/mol. The van der Waals surface area contributed by atoms with Crippen molar-refractivity contribution in [3.05, 3.63) is 48.0 Å². The second-order valence-electron chi connectivity index (χ2n) is 5.05. The highest BCUT2D eigenvalue weighted by Crippen LogP contribution is 2.34. The normalized spacial score (nSPS) is 15.3. The van der Waals surface area contributed by atoms with Crippen LogP contribution in [0.2, 0.25) is 0 Å². The molecule has 0 aliphatic heterocycles. The van der Waals surface area contributed by atoms with Crippen molar-refractivity contribution in [2.24, 2.45) is 0 Å². The first-order valence-electron chi connectivity index (χ1n) is 6.51. The van der Waals surface area contributed by atoms with Crippen LogP contribution in [-0.4, -0.2) is 15.6 Å². The quantitative estimate of drug-likeness (QED) is 0.904. The van der Waals surface area contributed by atoms with Crippen molar-refractivity contribution >= 4 is 21.8 Å². The molecular formula is C15H16F3NOS. The summed E-state index contributed by atoms with van der Waals surface area (Å²) in [5, 5.41) is 1.20. The molecule has 0 spiro atoms. The molecule has 0 saturated carbocycles. The van der Waals surface area contributed by atoms with Gasteiger partial charge in [0.2, 0.25) is 0 Å². The predicted octanol–water partition coefficient (Wildman–Crippen LogP) is 4.10. The highest BCUT2D eigenvalue weighted by molar-refractivity contribution is 7.83. The van der Waals surface area contributed by atoms with E-state index in [0.717, 1.165) is 10.8 Å². The zero-order valence-electron chi connectivity index (χ0n) is 11.6. The second kappa shape index (κ2) is 6.15. The van der Waals surface area contributed by atoms with Gasteiger partial charge in [-0.05, 0) is 36.2 Å². The zero-order chi connectivity index (χ0) is 15.6. The van der Waals surface area contributed by atoms with Gasteiger partial charge >= 0.3 is 6.18 Å². The Morgan fingerprint density at radius 3 is 2.24 bits per heavy atom. The molecule has 0 saturated heterocycles. The molecule has 0 aromatic heterocycles. The van der Waals surface area contributed by atoms with E-state index in [1.165, 1.54) is 12.1 Å². The summed E-state index contributed by atoms with van der Waals surface area (Å²) in [6.07, 6.45) is -4.51. The van der Waals surface area contributed by atoms with Crippen molar-refractivity contribution in [2.45, 2.75) is 31.3 Å². The van der Waals surface area contributed by atoms with Gasteiger partial charge in [-0.15, -0.1) is 0 Å². The average molecular weight is 315 g/mol. The third kappa shape index (κ3) is 3.83. The number of hydrogen-bond donors (Lipinski definition) is 1. The number of alkyl halides is 3. The Labute approximate surface area is 123 Å². The molecule has 2 aromatic carbocycles. The Balaban J connectivity index is 2.41. The number of fused-ring (bicyclic) bond motifs is 1. The summed E-state index contributed by atoms with van der Waals surface area (Å²) < 4.78 is 53.6. The molecule has 0 unspecified atom stereocenters. The summed E-state index contributed by atoms with van der Waals surface area (Å²) in [5.74, 6) is 0. The van der Waals surface area contributed by atoms with Crippen molar-refractivity contribution in [1.29, 1.82) is 0 Å². The lowest BCUT2D eigenvalue weighted by atomic mass is 10.0. The van der Waals surface area contributed by atoms with Crippen molar-refractivity contribution in [1.82, 2.24) is 4.72 Å². The van der Waals surface area contributed by atoms with Crippen LogP contribution in [0.15, 0.2) is 42.5 Å². The van der Waals surface area contributed by atoms with E-state index in [-0.39, 0.29) is 5.56 Å². The highest BCUT2D eigenvalue weighted by Gasteiger charge is 2.42. The SMILES string of the molecule is CC(C)[S@](=O)N[C@H](c1ccc2ccccc2c1)C(F)(F)F. The number of benzene rings is 2. The van der Waals surface area contributed by atoms with Crippen LogP contribution in [0.5, 0.6) is 0 Å². The average Bonchev–Trinajstić information content (AvgIpc) is 2.42. The van der Waals surface area contributed by atoms with E-state index in [2.05, 4.69) is 4.72 Å². The fourth-order valence-electron chi connectivity index (χ4n) is 1.96. The molecule has 2 rings (SSSR count). The molecular weight excluding hydrogens is 299 g/mol. The van der Waals surface area contributed by atoms with E-state index in [9.17, 15) is 17.4 Å². The Morgan fingerprint density at radius 2 is 1.67 bits per heavy atom. The van der Waals surface area contributed by atoms with Crippen LogP contribution >= 0.6 is 0 Å². The molecule has 114 valence electrons. The lowest BCUT2D eigenvalue weighted by molar-refractivity contribution is -0.152. The molecule has 2 nitrogen and oxygen atoms in total. The standard InChI is InChI=1S/C15H16F3NOS/c1-10(2)21(20)19-14(15(16,17)18)13-8-7-11-5-3-4-6-12(11)9-13/h3-10,14,19H,1-2H3/t14-,21+/m1/s1. The van der Waals surface area contributed by atoms with E-state index in [1.54, 1.807) is 32.0 Å². The van der Waals surface area contributed by atoms with E-state index >= 15 is 0 Å². The summed E-state index contributed by atoms with van der Waals surface area (Å²) >= 11 is 0. The van der Waals surface area contributed by atoms with Gasteiger partial charge in [-0.2, -0.15) is 13.2 Å². The van der Waals surface area contributed by atoms with Gasteiger partial charge in [0.05, 0.1) is 11.0 Å². The van der Waals surface area contributed by atoms with Gasteiger partial charge in [0.25, 0.3) is 0 Å².